The molecule has 1 nitrogen and oxygen atoms in total. The lowest BCUT2D eigenvalue weighted by Crippen LogP contribution is -2.33. The maximum absolute atomic E-state index is 2.73. The van der Waals surface area contributed by atoms with Gasteiger partial charge in [0.1, 0.15) is 0 Å². The van der Waals surface area contributed by atoms with E-state index in [-0.39, 0.29) is 0 Å². The molecule has 0 saturated carbocycles. The van der Waals surface area contributed by atoms with Gasteiger partial charge in [-0.1, -0.05) is 70.5 Å². The first-order chi connectivity index (χ1) is 9.77. The average molecular weight is 296 g/mol. The zero-order chi connectivity index (χ0) is 14.6. The highest BCUT2D eigenvalue weighted by molar-refractivity contribution is 6.64. The molecule has 0 aromatic rings. The predicted molar refractivity (Wildman–Crippen MR) is 95.2 cm³/mol. The second kappa shape index (κ2) is 11.6. The Bertz CT molecular complexity index is 236. The quantitative estimate of drug-likeness (QED) is 0.585. The van der Waals surface area contributed by atoms with Gasteiger partial charge in [0, 0.05) is 6.04 Å². The molecule has 0 N–H and O–H groups in total. The Morgan fingerprint density at radius 1 is 0.900 bits per heavy atom. The van der Waals surface area contributed by atoms with Crippen LogP contribution in [0.1, 0.15) is 72.1 Å². The molecule has 118 valence electrons. The molecular weight excluding hydrogens is 258 g/mol. The summed E-state index contributed by atoms with van der Waals surface area (Å²) in [4.78, 5) is 2.73. The van der Waals surface area contributed by atoms with Crippen molar-refractivity contribution in [2.45, 2.75) is 90.3 Å². The van der Waals surface area contributed by atoms with E-state index in [0.29, 0.717) is 6.04 Å². The molecule has 0 aliphatic carbocycles. The molecule has 1 rings (SSSR count). The van der Waals surface area contributed by atoms with Gasteiger partial charge in [0.05, 0.1) is 8.80 Å². The minimum absolute atomic E-state index is 0.580. The monoisotopic (exact) mass is 295 g/mol. The molecule has 1 fully saturated rings. The standard InChI is InChI=1S/C18H37NSi/c1-4-15-20(16-5-2)17-12-18(3)19-13-10-8-6-7-9-11-14-19/h12,17-18,20H,4-11,13-16H2,1-3H3. The third-order valence-corrected chi connectivity index (χ3v) is 8.10. The van der Waals surface area contributed by atoms with Crippen molar-refractivity contribution >= 4 is 8.80 Å². The van der Waals surface area contributed by atoms with Crippen LogP contribution in [-0.2, 0) is 0 Å². The van der Waals surface area contributed by atoms with Gasteiger partial charge in [-0.2, -0.15) is 0 Å². The van der Waals surface area contributed by atoms with Gasteiger partial charge < -0.3 is 0 Å². The summed E-state index contributed by atoms with van der Waals surface area (Å²) in [5.74, 6) is 0. The van der Waals surface area contributed by atoms with Crippen LogP contribution in [-0.4, -0.2) is 32.8 Å². The zero-order valence-electron chi connectivity index (χ0n) is 14.2. The Morgan fingerprint density at radius 2 is 1.40 bits per heavy atom. The van der Waals surface area contributed by atoms with Crippen LogP contribution in [0.4, 0.5) is 0 Å². The summed E-state index contributed by atoms with van der Waals surface area (Å²) in [6.07, 6.45) is 13.9. The van der Waals surface area contributed by atoms with E-state index in [4.69, 9.17) is 0 Å². The molecule has 20 heavy (non-hydrogen) atoms. The molecule has 0 aromatic heterocycles. The number of hydrogen-bond donors (Lipinski definition) is 0. The first-order valence-corrected chi connectivity index (χ1v) is 11.5. The Morgan fingerprint density at radius 3 is 1.90 bits per heavy atom. The van der Waals surface area contributed by atoms with Crippen LogP contribution in [0.2, 0.25) is 12.1 Å². The first-order valence-electron chi connectivity index (χ1n) is 9.20. The maximum Gasteiger partial charge on any atom is 0.0611 e. The minimum Gasteiger partial charge on any atom is -0.297 e. The highest BCUT2D eigenvalue weighted by atomic mass is 28.3. The lowest BCUT2D eigenvalue weighted by molar-refractivity contribution is 0.237. The molecule has 1 aliphatic rings. The van der Waals surface area contributed by atoms with Crippen molar-refractivity contribution in [2.24, 2.45) is 0 Å². The van der Waals surface area contributed by atoms with Crippen molar-refractivity contribution in [3.8, 4) is 0 Å². The normalized spacial score (nSPS) is 20.8. The van der Waals surface area contributed by atoms with Gasteiger partial charge in [0.2, 0.25) is 0 Å². The lowest BCUT2D eigenvalue weighted by atomic mass is 10.1. The zero-order valence-corrected chi connectivity index (χ0v) is 15.4. The molecule has 0 bridgehead atoms. The lowest BCUT2D eigenvalue weighted by Gasteiger charge is -2.27. The van der Waals surface area contributed by atoms with Crippen LogP contribution in [0.5, 0.6) is 0 Å². The van der Waals surface area contributed by atoms with E-state index in [1.54, 1.807) is 0 Å². The molecule has 1 aliphatic heterocycles. The van der Waals surface area contributed by atoms with Crippen LogP contribution in [0.15, 0.2) is 11.8 Å². The molecule has 0 amide bonds. The van der Waals surface area contributed by atoms with Crippen LogP contribution >= 0.6 is 0 Å². The molecular formula is C18H37NSi. The van der Waals surface area contributed by atoms with Crippen molar-refractivity contribution in [1.29, 1.82) is 0 Å². The average Bonchev–Trinajstić information content (AvgIpc) is 2.58. The van der Waals surface area contributed by atoms with Crippen molar-refractivity contribution in [2.75, 3.05) is 13.1 Å². The van der Waals surface area contributed by atoms with Gasteiger partial charge >= 0.3 is 0 Å². The van der Waals surface area contributed by atoms with Gasteiger partial charge in [0.15, 0.2) is 0 Å². The fourth-order valence-electron chi connectivity index (χ4n) is 3.37. The molecule has 2 heteroatoms. The van der Waals surface area contributed by atoms with E-state index in [1.165, 1.54) is 76.5 Å². The Hall–Kier alpha value is -0.0831. The van der Waals surface area contributed by atoms with Crippen molar-refractivity contribution in [3.63, 3.8) is 0 Å². The molecule has 1 atom stereocenters. The fourth-order valence-corrected chi connectivity index (χ4v) is 6.17. The maximum atomic E-state index is 2.73. The van der Waals surface area contributed by atoms with E-state index >= 15 is 0 Å². The fraction of sp³-hybridized carbons (Fsp3) is 0.889. The predicted octanol–water partition coefficient (Wildman–Crippen LogP) is 5.17. The summed E-state index contributed by atoms with van der Waals surface area (Å²) in [7, 11) is -0.580. The van der Waals surface area contributed by atoms with E-state index in [9.17, 15) is 0 Å². The molecule has 1 heterocycles. The molecule has 1 unspecified atom stereocenters. The van der Waals surface area contributed by atoms with E-state index in [2.05, 4.69) is 37.4 Å². The first kappa shape index (κ1) is 18.0. The number of nitrogens with zero attached hydrogens (tertiary/aromatic N) is 1. The van der Waals surface area contributed by atoms with E-state index in [1.807, 2.05) is 0 Å². The van der Waals surface area contributed by atoms with Gasteiger partial charge in [-0.3, -0.25) is 4.90 Å². The summed E-state index contributed by atoms with van der Waals surface area (Å²) in [6.45, 7) is 9.74. The number of rotatable bonds is 7. The van der Waals surface area contributed by atoms with Crippen LogP contribution in [0.25, 0.3) is 0 Å². The summed E-state index contributed by atoms with van der Waals surface area (Å²) in [5.41, 5.74) is 2.66. The second-order valence-corrected chi connectivity index (χ2v) is 9.68. The molecule has 0 radical (unpaired) electrons. The third kappa shape index (κ3) is 7.63. The molecule has 1 saturated heterocycles. The van der Waals surface area contributed by atoms with E-state index in [0.717, 1.165) is 0 Å². The minimum atomic E-state index is -0.580. The van der Waals surface area contributed by atoms with Crippen LogP contribution in [0.3, 0.4) is 0 Å². The second-order valence-electron chi connectivity index (χ2n) is 6.62. The van der Waals surface area contributed by atoms with Crippen LogP contribution in [0, 0.1) is 0 Å². The molecule has 0 spiro atoms. The van der Waals surface area contributed by atoms with Crippen molar-refractivity contribution in [1.82, 2.24) is 4.90 Å². The Labute approximate surface area is 129 Å². The highest BCUT2D eigenvalue weighted by Crippen LogP contribution is 2.14. The Kier molecular flexibility index (Phi) is 10.4. The number of hydrogen-bond acceptors (Lipinski definition) is 1. The van der Waals surface area contributed by atoms with Gasteiger partial charge in [-0.25, -0.2) is 0 Å². The van der Waals surface area contributed by atoms with Gasteiger partial charge in [0.25, 0.3) is 0 Å². The van der Waals surface area contributed by atoms with Gasteiger partial charge in [-0.15, -0.1) is 5.70 Å². The summed E-state index contributed by atoms with van der Waals surface area (Å²) in [5, 5.41) is 0. The van der Waals surface area contributed by atoms with Crippen LogP contribution < -0.4 is 0 Å². The topological polar surface area (TPSA) is 3.24 Å². The SMILES string of the molecule is CCC[SiH](C=CC(C)N1CCCCCCCC1)CCC. The smallest absolute Gasteiger partial charge is 0.0611 e. The van der Waals surface area contributed by atoms with Gasteiger partial charge in [-0.05, 0) is 32.9 Å². The summed E-state index contributed by atoms with van der Waals surface area (Å²) in [6, 6.07) is 3.66. The Balaban J connectivity index is 2.45. The van der Waals surface area contributed by atoms with Crippen molar-refractivity contribution in [3.05, 3.63) is 11.8 Å². The summed E-state index contributed by atoms with van der Waals surface area (Å²) < 4.78 is 0. The largest absolute Gasteiger partial charge is 0.297 e. The summed E-state index contributed by atoms with van der Waals surface area (Å²) >= 11 is 0. The van der Waals surface area contributed by atoms with Crippen molar-refractivity contribution < 1.29 is 0 Å². The van der Waals surface area contributed by atoms with E-state index < -0.39 is 8.80 Å². The highest BCUT2D eigenvalue weighted by Gasteiger charge is 2.13. The molecule has 0 aromatic carbocycles. The third-order valence-electron chi connectivity index (χ3n) is 4.70.